The first kappa shape index (κ1) is 21.4. The molecule has 0 aromatic heterocycles. The fourth-order valence-corrected chi connectivity index (χ4v) is 2.19. The molecule has 0 radical (unpaired) electrons. The highest BCUT2D eigenvalue weighted by molar-refractivity contribution is 5.94. The van der Waals surface area contributed by atoms with Crippen molar-refractivity contribution in [3.8, 4) is 0 Å². The normalized spacial score (nSPS) is 11.6. The zero-order valence-corrected chi connectivity index (χ0v) is 15.2. The zero-order valence-electron chi connectivity index (χ0n) is 14.3. The van der Waals surface area contributed by atoms with E-state index in [-0.39, 0.29) is 24.2 Å². The van der Waals surface area contributed by atoms with E-state index >= 15 is 0 Å². The molecule has 2 amide bonds. The van der Waals surface area contributed by atoms with Gasteiger partial charge < -0.3 is 16.0 Å². The van der Waals surface area contributed by atoms with Crippen LogP contribution in [0.4, 0.5) is 0 Å². The quantitative estimate of drug-likeness (QED) is 0.794. The van der Waals surface area contributed by atoms with E-state index < -0.39 is 6.04 Å². The maximum Gasteiger partial charge on any atom is 0.253 e. The van der Waals surface area contributed by atoms with Crippen LogP contribution in [0.15, 0.2) is 24.3 Å². The third kappa shape index (κ3) is 7.48. The van der Waals surface area contributed by atoms with Crippen molar-refractivity contribution < 1.29 is 9.59 Å². The van der Waals surface area contributed by atoms with Crippen LogP contribution in [0, 0.1) is 5.92 Å². The minimum absolute atomic E-state index is 0. The summed E-state index contributed by atoms with van der Waals surface area (Å²) < 4.78 is 0. The van der Waals surface area contributed by atoms with E-state index in [1.807, 2.05) is 32.0 Å². The molecule has 0 aliphatic carbocycles. The topological polar surface area (TPSA) is 75.4 Å². The second-order valence-electron chi connectivity index (χ2n) is 6.18. The number of halogens is 1. The zero-order chi connectivity index (χ0) is 16.7. The molecular formula is C17H28ClN3O2. The highest BCUT2D eigenvalue weighted by Crippen LogP contribution is 2.08. The summed E-state index contributed by atoms with van der Waals surface area (Å²) in [6.45, 7) is 4.60. The minimum Gasteiger partial charge on any atom is -0.354 e. The van der Waals surface area contributed by atoms with Gasteiger partial charge >= 0.3 is 0 Å². The summed E-state index contributed by atoms with van der Waals surface area (Å²) in [6, 6.07) is 7.01. The number of hydrogen-bond acceptors (Lipinski definition) is 3. The van der Waals surface area contributed by atoms with E-state index in [4.69, 9.17) is 5.73 Å². The first-order valence-corrected chi connectivity index (χ1v) is 7.65. The maximum absolute atomic E-state index is 11.9. The lowest BCUT2D eigenvalue weighted by atomic mass is 10.0. The summed E-state index contributed by atoms with van der Waals surface area (Å²) >= 11 is 0. The van der Waals surface area contributed by atoms with Crippen LogP contribution in [0.2, 0.25) is 0 Å². The summed E-state index contributed by atoms with van der Waals surface area (Å²) in [5.74, 6) is 0.258. The monoisotopic (exact) mass is 341 g/mol. The number of carbonyl (C=O) groups is 2. The third-order valence-corrected chi connectivity index (χ3v) is 3.36. The van der Waals surface area contributed by atoms with Crippen molar-refractivity contribution in [3.63, 3.8) is 0 Å². The average Bonchev–Trinajstić information content (AvgIpc) is 2.45. The SMILES string of the molecule is CC(C)C[C@H](N)C(=O)NCCc1cccc(C(=O)N(C)C)c1.Cl. The molecule has 1 aromatic carbocycles. The molecule has 0 heterocycles. The number of hydrogen-bond donors (Lipinski definition) is 2. The van der Waals surface area contributed by atoms with E-state index in [1.165, 1.54) is 0 Å². The Morgan fingerprint density at radius 3 is 2.48 bits per heavy atom. The van der Waals surface area contributed by atoms with Crippen molar-refractivity contribution in [2.24, 2.45) is 11.7 Å². The lowest BCUT2D eigenvalue weighted by molar-refractivity contribution is -0.122. The fraction of sp³-hybridized carbons (Fsp3) is 0.529. The number of benzene rings is 1. The molecule has 3 N–H and O–H groups in total. The number of carbonyl (C=O) groups excluding carboxylic acids is 2. The third-order valence-electron chi connectivity index (χ3n) is 3.36. The van der Waals surface area contributed by atoms with Gasteiger partial charge in [-0.3, -0.25) is 9.59 Å². The molecule has 5 nitrogen and oxygen atoms in total. The van der Waals surface area contributed by atoms with Gasteiger partial charge in [0.2, 0.25) is 5.91 Å². The number of amides is 2. The molecule has 0 fully saturated rings. The molecule has 0 spiro atoms. The second kappa shape index (κ2) is 10.2. The molecule has 1 atom stereocenters. The maximum atomic E-state index is 11.9. The molecule has 0 saturated heterocycles. The van der Waals surface area contributed by atoms with Gasteiger partial charge in [0, 0.05) is 26.2 Å². The van der Waals surface area contributed by atoms with Gasteiger partial charge in [-0.05, 0) is 36.5 Å². The van der Waals surface area contributed by atoms with Crippen LogP contribution >= 0.6 is 12.4 Å². The molecule has 130 valence electrons. The van der Waals surface area contributed by atoms with Gasteiger partial charge in [-0.1, -0.05) is 26.0 Å². The summed E-state index contributed by atoms with van der Waals surface area (Å²) in [5.41, 5.74) is 7.51. The van der Waals surface area contributed by atoms with Crippen molar-refractivity contribution in [2.75, 3.05) is 20.6 Å². The van der Waals surface area contributed by atoms with Gasteiger partial charge in [0.05, 0.1) is 6.04 Å². The van der Waals surface area contributed by atoms with Gasteiger partial charge in [-0.2, -0.15) is 0 Å². The Morgan fingerprint density at radius 1 is 1.26 bits per heavy atom. The summed E-state index contributed by atoms with van der Waals surface area (Å²) in [7, 11) is 3.46. The van der Waals surface area contributed by atoms with Crippen LogP contribution in [0.3, 0.4) is 0 Å². The molecule has 6 heteroatoms. The average molecular weight is 342 g/mol. The first-order chi connectivity index (χ1) is 10.3. The minimum atomic E-state index is -0.457. The largest absolute Gasteiger partial charge is 0.354 e. The van der Waals surface area contributed by atoms with E-state index in [2.05, 4.69) is 5.32 Å². The van der Waals surface area contributed by atoms with Crippen molar-refractivity contribution in [1.82, 2.24) is 10.2 Å². The molecule has 0 bridgehead atoms. The predicted molar refractivity (Wildman–Crippen MR) is 95.9 cm³/mol. The number of nitrogens with two attached hydrogens (primary N) is 1. The van der Waals surface area contributed by atoms with Crippen molar-refractivity contribution in [3.05, 3.63) is 35.4 Å². The molecule has 1 rings (SSSR count). The number of nitrogens with one attached hydrogen (secondary N) is 1. The van der Waals surface area contributed by atoms with Gasteiger partial charge in [0.25, 0.3) is 5.91 Å². The summed E-state index contributed by atoms with van der Waals surface area (Å²) in [4.78, 5) is 25.3. The van der Waals surface area contributed by atoms with Crippen LogP contribution in [0.1, 0.15) is 36.2 Å². The van der Waals surface area contributed by atoms with Crippen LogP contribution in [-0.4, -0.2) is 43.4 Å². The van der Waals surface area contributed by atoms with Crippen LogP contribution in [-0.2, 0) is 11.2 Å². The predicted octanol–water partition coefficient (Wildman–Crippen LogP) is 1.84. The molecule has 1 aromatic rings. The second-order valence-corrected chi connectivity index (χ2v) is 6.18. The highest BCUT2D eigenvalue weighted by Gasteiger charge is 2.14. The van der Waals surface area contributed by atoms with Crippen LogP contribution < -0.4 is 11.1 Å². The van der Waals surface area contributed by atoms with Crippen molar-refractivity contribution >= 4 is 24.2 Å². The van der Waals surface area contributed by atoms with E-state index in [0.29, 0.717) is 30.9 Å². The van der Waals surface area contributed by atoms with Gasteiger partial charge in [-0.15, -0.1) is 12.4 Å². The van der Waals surface area contributed by atoms with Gasteiger partial charge in [-0.25, -0.2) is 0 Å². The smallest absolute Gasteiger partial charge is 0.253 e. The lowest BCUT2D eigenvalue weighted by Gasteiger charge is -2.14. The number of rotatable bonds is 7. The van der Waals surface area contributed by atoms with Crippen LogP contribution in [0.5, 0.6) is 0 Å². The molecule has 0 aliphatic heterocycles. The molecule has 0 saturated carbocycles. The lowest BCUT2D eigenvalue weighted by Crippen LogP contribution is -2.42. The van der Waals surface area contributed by atoms with E-state index in [0.717, 1.165) is 5.56 Å². The Balaban J connectivity index is 0.00000484. The Hall–Kier alpha value is -1.59. The molecule has 23 heavy (non-hydrogen) atoms. The Labute approximate surface area is 145 Å². The fourth-order valence-electron chi connectivity index (χ4n) is 2.19. The van der Waals surface area contributed by atoms with E-state index in [1.54, 1.807) is 25.1 Å². The Morgan fingerprint density at radius 2 is 1.91 bits per heavy atom. The Bertz CT molecular complexity index is 518. The molecule has 0 aliphatic rings. The molecular weight excluding hydrogens is 314 g/mol. The summed E-state index contributed by atoms with van der Waals surface area (Å²) in [6.07, 6.45) is 1.35. The van der Waals surface area contributed by atoms with Gasteiger partial charge in [0.1, 0.15) is 0 Å². The van der Waals surface area contributed by atoms with Crippen molar-refractivity contribution in [1.29, 1.82) is 0 Å². The van der Waals surface area contributed by atoms with Gasteiger partial charge in [0.15, 0.2) is 0 Å². The van der Waals surface area contributed by atoms with Crippen LogP contribution in [0.25, 0.3) is 0 Å². The van der Waals surface area contributed by atoms with E-state index in [9.17, 15) is 9.59 Å². The molecule has 0 unspecified atom stereocenters. The Kier molecular flexibility index (Phi) is 9.53. The van der Waals surface area contributed by atoms with Crippen molar-refractivity contribution in [2.45, 2.75) is 32.7 Å². The number of nitrogens with zero attached hydrogens (tertiary/aromatic N) is 1. The summed E-state index contributed by atoms with van der Waals surface area (Å²) in [5, 5.41) is 2.85. The standard InChI is InChI=1S/C17H27N3O2.ClH/c1-12(2)10-15(18)16(21)19-9-8-13-6-5-7-14(11-13)17(22)20(3)4;/h5-7,11-12,15H,8-10,18H2,1-4H3,(H,19,21);1H/t15-;/m0./s1. The first-order valence-electron chi connectivity index (χ1n) is 7.65. The highest BCUT2D eigenvalue weighted by atomic mass is 35.5.